The van der Waals surface area contributed by atoms with Gasteiger partial charge in [-0.05, 0) is 32.0 Å². The molecule has 6 heteroatoms. The van der Waals surface area contributed by atoms with Crippen molar-refractivity contribution in [1.82, 2.24) is 0 Å². The molecule has 0 aromatic heterocycles. The second kappa shape index (κ2) is 8.82. The van der Waals surface area contributed by atoms with Crippen LogP contribution in [0, 0.1) is 5.92 Å². The zero-order chi connectivity index (χ0) is 20.2. The van der Waals surface area contributed by atoms with Gasteiger partial charge < -0.3 is 18.6 Å². The average molecular weight is 385 g/mol. The SMILES string of the molecule is COC(=O)/C=C/C=C/[C@@H](C)[C@@H](O[Si](C)(C)C(C)(C)C)[C@H]1COC(C)(C)O1. The summed E-state index contributed by atoms with van der Waals surface area (Å²) in [6.07, 6.45) is 6.73. The predicted molar refractivity (Wildman–Crippen MR) is 106 cm³/mol. The minimum Gasteiger partial charge on any atom is -0.466 e. The van der Waals surface area contributed by atoms with Crippen LogP contribution in [0.1, 0.15) is 41.5 Å². The van der Waals surface area contributed by atoms with E-state index >= 15 is 0 Å². The summed E-state index contributed by atoms with van der Waals surface area (Å²) in [6.45, 7) is 17.6. The van der Waals surface area contributed by atoms with Gasteiger partial charge in [-0.3, -0.25) is 0 Å². The second-order valence-corrected chi connectivity index (χ2v) is 13.6. The summed E-state index contributed by atoms with van der Waals surface area (Å²) in [5.41, 5.74) is 0. The topological polar surface area (TPSA) is 54.0 Å². The van der Waals surface area contributed by atoms with Crippen molar-refractivity contribution in [3.8, 4) is 0 Å². The molecule has 1 aliphatic heterocycles. The molecule has 5 nitrogen and oxygen atoms in total. The first-order valence-electron chi connectivity index (χ1n) is 9.21. The van der Waals surface area contributed by atoms with Gasteiger partial charge in [0.15, 0.2) is 14.1 Å². The minimum atomic E-state index is -1.98. The zero-order valence-electron chi connectivity index (χ0n) is 17.8. The summed E-state index contributed by atoms with van der Waals surface area (Å²) in [7, 11) is -0.615. The Morgan fingerprint density at radius 3 is 2.35 bits per heavy atom. The molecule has 1 aliphatic rings. The number of hydrogen-bond acceptors (Lipinski definition) is 5. The number of methoxy groups -OCH3 is 1. The molecule has 0 aliphatic carbocycles. The molecule has 26 heavy (non-hydrogen) atoms. The monoisotopic (exact) mass is 384 g/mol. The lowest BCUT2D eigenvalue weighted by Crippen LogP contribution is -2.49. The van der Waals surface area contributed by atoms with E-state index in [4.69, 9.17) is 13.9 Å². The third-order valence-corrected chi connectivity index (χ3v) is 9.58. The molecule has 0 N–H and O–H groups in total. The van der Waals surface area contributed by atoms with Gasteiger partial charge in [0, 0.05) is 12.0 Å². The maximum atomic E-state index is 11.2. The summed E-state index contributed by atoms with van der Waals surface area (Å²) in [5, 5.41) is 0.106. The highest BCUT2D eigenvalue weighted by atomic mass is 28.4. The molecule has 0 saturated carbocycles. The summed E-state index contributed by atoms with van der Waals surface area (Å²) in [5.74, 6) is -0.854. The quantitative estimate of drug-likeness (QED) is 0.281. The standard InChI is InChI=1S/C20H36O5Si/c1-15(12-10-11-13-17(21)22-7)18(16-14-23-20(5,6)24-16)25-26(8,9)19(2,3)4/h10-13,15-16,18H,14H2,1-9H3/b12-10+,13-11+/t15-,16-,18-/m1/s1. The fraction of sp³-hybridized carbons (Fsp3) is 0.750. The van der Waals surface area contributed by atoms with Crippen LogP contribution in [0.15, 0.2) is 24.3 Å². The van der Waals surface area contributed by atoms with Crippen molar-refractivity contribution in [2.75, 3.05) is 13.7 Å². The van der Waals surface area contributed by atoms with Gasteiger partial charge in [0.05, 0.1) is 19.8 Å². The van der Waals surface area contributed by atoms with Gasteiger partial charge in [-0.2, -0.15) is 0 Å². The fourth-order valence-electron chi connectivity index (χ4n) is 2.47. The largest absolute Gasteiger partial charge is 0.466 e. The Kier molecular flexibility index (Phi) is 7.83. The molecule has 1 heterocycles. The molecule has 150 valence electrons. The maximum absolute atomic E-state index is 11.2. The van der Waals surface area contributed by atoms with Crippen LogP contribution >= 0.6 is 0 Å². The van der Waals surface area contributed by atoms with Crippen LogP contribution in [0.25, 0.3) is 0 Å². The van der Waals surface area contributed by atoms with Gasteiger partial charge in [0.25, 0.3) is 0 Å². The van der Waals surface area contributed by atoms with Crippen molar-refractivity contribution < 1.29 is 23.4 Å². The van der Waals surface area contributed by atoms with E-state index in [2.05, 4.69) is 45.5 Å². The number of esters is 1. The van der Waals surface area contributed by atoms with Crippen LogP contribution in [0.5, 0.6) is 0 Å². The van der Waals surface area contributed by atoms with E-state index in [1.54, 1.807) is 6.08 Å². The Hall–Kier alpha value is -0.953. The van der Waals surface area contributed by atoms with Crippen LogP contribution in [0.4, 0.5) is 0 Å². The van der Waals surface area contributed by atoms with Crippen molar-refractivity contribution in [3.63, 3.8) is 0 Å². The number of carbonyl (C=O) groups is 1. The number of ether oxygens (including phenoxy) is 3. The first-order valence-corrected chi connectivity index (χ1v) is 12.1. The van der Waals surface area contributed by atoms with E-state index in [1.807, 2.05) is 26.0 Å². The highest BCUT2D eigenvalue weighted by molar-refractivity contribution is 6.74. The number of carbonyl (C=O) groups excluding carboxylic acids is 1. The summed E-state index contributed by atoms with van der Waals surface area (Å²) < 4.78 is 23.2. The number of hydrogen-bond donors (Lipinski definition) is 0. The molecular weight excluding hydrogens is 348 g/mol. The van der Waals surface area contributed by atoms with Crippen molar-refractivity contribution >= 4 is 14.3 Å². The first-order chi connectivity index (χ1) is 11.8. The molecule has 0 aromatic carbocycles. The second-order valence-electron chi connectivity index (χ2n) is 8.84. The van der Waals surface area contributed by atoms with Gasteiger partial charge in [-0.15, -0.1) is 0 Å². The Morgan fingerprint density at radius 2 is 1.88 bits per heavy atom. The van der Waals surface area contributed by atoms with E-state index in [1.165, 1.54) is 13.2 Å². The number of allylic oxidation sites excluding steroid dienone is 2. The maximum Gasteiger partial charge on any atom is 0.330 e. The summed E-state index contributed by atoms with van der Waals surface area (Å²) in [4.78, 5) is 11.2. The van der Waals surface area contributed by atoms with E-state index in [0.29, 0.717) is 6.61 Å². The van der Waals surface area contributed by atoms with E-state index in [-0.39, 0.29) is 29.1 Å². The van der Waals surface area contributed by atoms with E-state index in [0.717, 1.165) is 0 Å². The van der Waals surface area contributed by atoms with Gasteiger partial charge in [-0.1, -0.05) is 45.9 Å². The zero-order valence-corrected chi connectivity index (χ0v) is 18.8. The lowest BCUT2D eigenvalue weighted by atomic mass is 9.99. The minimum absolute atomic E-state index is 0.105. The summed E-state index contributed by atoms with van der Waals surface area (Å²) in [6, 6.07) is 0. The van der Waals surface area contributed by atoms with Gasteiger partial charge >= 0.3 is 5.97 Å². The Morgan fingerprint density at radius 1 is 1.27 bits per heavy atom. The summed E-state index contributed by atoms with van der Waals surface area (Å²) >= 11 is 0. The fourth-order valence-corrected chi connectivity index (χ4v) is 3.87. The predicted octanol–water partition coefficient (Wildman–Crippen LogP) is 4.45. The van der Waals surface area contributed by atoms with Gasteiger partial charge in [0.1, 0.15) is 6.10 Å². The molecule has 0 amide bonds. The van der Waals surface area contributed by atoms with Crippen molar-refractivity contribution in [2.24, 2.45) is 5.92 Å². The molecule has 0 spiro atoms. The molecule has 0 aromatic rings. The average Bonchev–Trinajstić information content (AvgIpc) is 2.87. The molecule has 0 bridgehead atoms. The highest BCUT2D eigenvalue weighted by Gasteiger charge is 2.45. The molecule has 0 radical (unpaired) electrons. The third kappa shape index (κ3) is 6.65. The van der Waals surface area contributed by atoms with Crippen LogP contribution in [-0.4, -0.2) is 46.0 Å². The van der Waals surface area contributed by atoms with Crippen LogP contribution in [0.2, 0.25) is 18.1 Å². The lowest BCUT2D eigenvalue weighted by Gasteiger charge is -2.42. The van der Waals surface area contributed by atoms with Crippen LogP contribution in [-0.2, 0) is 23.4 Å². The van der Waals surface area contributed by atoms with Crippen molar-refractivity contribution in [1.29, 1.82) is 0 Å². The van der Waals surface area contributed by atoms with E-state index in [9.17, 15) is 4.79 Å². The smallest absolute Gasteiger partial charge is 0.330 e. The van der Waals surface area contributed by atoms with Crippen molar-refractivity contribution in [2.45, 2.75) is 77.7 Å². The molecule has 3 atom stereocenters. The lowest BCUT2D eigenvalue weighted by molar-refractivity contribution is -0.152. The Bertz CT molecular complexity index is 531. The van der Waals surface area contributed by atoms with Gasteiger partial charge in [0.2, 0.25) is 0 Å². The Balaban J connectivity index is 2.95. The molecule has 1 saturated heterocycles. The highest BCUT2D eigenvalue weighted by Crippen LogP contribution is 2.40. The third-order valence-electron chi connectivity index (χ3n) is 5.11. The Labute approximate surface area is 159 Å². The molecule has 1 rings (SSSR count). The number of rotatable bonds is 7. The van der Waals surface area contributed by atoms with Gasteiger partial charge in [-0.25, -0.2) is 4.79 Å². The molecule has 0 unspecified atom stereocenters. The van der Waals surface area contributed by atoms with Crippen LogP contribution < -0.4 is 0 Å². The molecule has 1 fully saturated rings. The molecular formula is C20H36O5Si. The first kappa shape index (κ1) is 23.1. The van der Waals surface area contributed by atoms with E-state index < -0.39 is 14.1 Å². The van der Waals surface area contributed by atoms with Crippen LogP contribution in [0.3, 0.4) is 0 Å². The van der Waals surface area contributed by atoms with Crippen molar-refractivity contribution in [3.05, 3.63) is 24.3 Å². The normalized spacial score (nSPS) is 23.5.